The van der Waals surface area contributed by atoms with Crippen LogP contribution in [0.3, 0.4) is 0 Å². The zero-order chi connectivity index (χ0) is 20.1. The van der Waals surface area contributed by atoms with Gasteiger partial charge in [0.2, 0.25) is 0 Å². The van der Waals surface area contributed by atoms with Gasteiger partial charge in [0.15, 0.2) is 0 Å². The summed E-state index contributed by atoms with van der Waals surface area (Å²) in [5.41, 5.74) is 0. The van der Waals surface area contributed by atoms with E-state index in [2.05, 4.69) is 11.5 Å². The minimum absolute atomic E-state index is 0.0928. The molecule has 0 bridgehead atoms. The fraction of sp³-hybridized carbons (Fsp3) is 0.667. The number of likely N-dealkylation sites (N-methyl/N-ethyl adjacent to an activating group) is 2. The molecule has 136 valence electrons. The average Bonchev–Trinajstić information content (AvgIpc) is 2.40. The molecular weight excluding hydrogens is 358 g/mol. The van der Waals surface area contributed by atoms with Gasteiger partial charge in [-0.2, -0.15) is 0 Å². The van der Waals surface area contributed by atoms with Crippen LogP contribution in [0.15, 0.2) is 0 Å². The van der Waals surface area contributed by atoms with Gasteiger partial charge in [0.05, 0.1) is 0 Å². The van der Waals surface area contributed by atoms with E-state index in [1.165, 1.54) is 0 Å². The first-order valence-corrected chi connectivity index (χ1v) is 7.79. The SMILES string of the molecule is C[N+](C)(C#P=O)CCO.C[N+](C)(C#P=O)CCO.[N-]=C=O.[N-]=C=O. The molecule has 0 fully saturated rings. The summed E-state index contributed by atoms with van der Waals surface area (Å²) in [6.07, 6.45) is 1.00. The quantitative estimate of drug-likeness (QED) is 0.310. The van der Waals surface area contributed by atoms with Crippen LogP contribution in [0.25, 0.3) is 10.8 Å². The molecule has 0 saturated carbocycles. The molecular formula is C12H22N4O6P2. The normalized spacial score (nSPS) is 8.58. The summed E-state index contributed by atoms with van der Waals surface area (Å²) in [6.45, 7) is 1.29. The number of quaternary nitrogens is 2. The molecule has 0 atom stereocenters. The standard InChI is InChI=1S/2C5H11NO2P.2CNO/c2*1-6(2,3-4-7)5-9-8;2*2-1-3/h2*7H,3-4H2,1-2H3;;/q2*+1;2*-1. The summed E-state index contributed by atoms with van der Waals surface area (Å²) in [5.74, 6) is 5.23. The summed E-state index contributed by atoms with van der Waals surface area (Å²) in [4.78, 5) is 16.5. The van der Waals surface area contributed by atoms with Crippen molar-refractivity contribution < 1.29 is 37.9 Å². The second-order valence-corrected chi connectivity index (χ2v) is 5.59. The Morgan fingerprint density at radius 2 is 1.00 bits per heavy atom. The van der Waals surface area contributed by atoms with Crippen molar-refractivity contribution in [2.45, 2.75) is 0 Å². The van der Waals surface area contributed by atoms with Crippen molar-refractivity contribution in [1.29, 1.82) is 0 Å². The second kappa shape index (κ2) is 21.6. The molecule has 0 rings (SSSR count). The molecule has 0 aromatic heterocycles. The monoisotopic (exact) mass is 380 g/mol. The maximum Gasteiger partial charge on any atom is -0.0159 e. The molecule has 0 aliphatic heterocycles. The third kappa shape index (κ3) is 37.1. The molecule has 0 radical (unpaired) electrons. The molecule has 10 nitrogen and oxygen atoms in total. The topological polar surface area (TPSA) is 153 Å². The number of nitrogens with zero attached hydrogens (tertiary/aromatic N) is 4. The van der Waals surface area contributed by atoms with E-state index >= 15 is 0 Å². The number of isocyanates is 2. The molecule has 24 heavy (non-hydrogen) atoms. The van der Waals surface area contributed by atoms with E-state index < -0.39 is 0 Å². The largest absolute Gasteiger partial charge is 0.724 e. The molecule has 0 saturated heterocycles. The van der Waals surface area contributed by atoms with Gasteiger partial charge in [-0.3, -0.25) is 9.59 Å². The van der Waals surface area contributed by atoms with Gasteiger partial charge in [0, 0.05) is 0 Å². The number of rotatable bonds is 4. The smallest absolute Gasteiger partial charge is 0.0159 e. The van der Waals surface area contributed by atoms with Gasteiger partial charge >= 0.3 is 110 Å². The van der Waals surface area contributed by atoms with Crippen LogP contribution in [0.4, 0.5) is 0 Å². The Labute approximate surface area is 143 Å². The van der Waals surface area contributed by atoms with Crippen molar-refractivity contribution in [2.24, 2.45) is 0 Å². The van der Waals surface area contributed by atoms with Crippen LogP contribution in [-0.4, -0.2) is 85.8 Å². The Hall–Kier alpha value is -1.38. The van der Waals surface area contributed by atoms with Gasteiger partial charge in [-0.15, -0.1) is 0 Å². The molecule has 0 aliphatic rings. The predicted octanol–water partition coefficient (Wildman–Crippen LogP) is 0.310. The van der Waals surface area contributed by atoms with Crippen molar-refractivity contribution in [2.75, 3.05) is 54.5 Å². The zero-order valence-electron chi connectivity index (χ0n) is 14.0. The number of aliphatic hydroxyl groups is 2. The van der Waals surface area contributed by atoms with Gasteiger partial charge in [-0.05, 0) is 12.2 Å². The van der Waals surface area contributed by atoms with Crippen LogP contribution >= 0.6 is 15.8 Å². The maximum atomic E-state index is 9.98. The van der Waals surface area contributed by atoms with Crippen molar-refractivity contribution in [3.63, 3.8) is 0 Å². The molecule has 0 spiro atoms. The Kier molecular flexibility index (Phi) is 27.5. The second-order valence-electron chi connectivity index (χ2n) is 4.83. The molecule has 0 heterocycles. The summed E-state index contributed by atoms with van der Waals surface area (Å²) in [5, 5.41) is 30.5. The van der Waals surface area contributed by atoms with Crippen LogP contribution in [0.1, 0.15) is 0 Å². The minimum Gasteiger partial charge on any atom is -0.724 e. The Morgan fingerprint density at radius 3 is 1.12 bits per heavy atom. The minimum atomic E-state index is -0.105. The Balaban J connectivity index is -0.000000126. The summed E-state index contributed by atoms with van der Waals surface area (Å²) in [7, 11) is 7.07. The van der Waals surface area contributed by atoms with E-state index in [9.17, 15) is 9.13 Å². The van der Waals surface area contributed by atoms with Crippen molar-refractivity contribution >= 4 is 28.0 Å². The van der Waals surface area contributed by atoms with Crippen LogP contribution in [0.2, 0.25) is 0 Å². The van der Waals surface area contributed by atoms with Crippen LogP contribution in [-0.2, 0) is 18.7 Å². The van der Waals surface area contributed by atoms with Crippen molar-refractivity contribution in [3.05, 3.63) is 10.8 Å². The molecule has 0 aromatic carbocycles. The molecule has 0 aromatic rings. The molecule has 0 aliphatic carbocycles. The van der Waals surface area contributed by atoms with E-state index in [0.717, 1.165) is 0 Å². The fourth-order valence-electron chi connectivity index (χ4n) is 0.821. The third-order valence-electron chi connectivity index (χ3n) is 1.94. The zero-order valence-corrected chi connectivity index (χ0v) is 15.8. The number of carbonyl (C=O) groups excluding carboxylic acids is 2. The Bertz CT molecular complexity index is 531. The summed E-state index contributed by atoms with van der Waals surface area (Å²) < 4.78 is 20.7. The molecule has 12 heteroatoms. The molecule has 0 unspecified atom stereocenters. The van der Waals surface area contributed by atoms with Crippen LogP contribution < -0.4 is 0 Å². The van der Waals surface area contributed by atoms with Gasteiger partial charge in [0.1, 0.15) is 0 Å². The molecule has 2 N–H and O–H groups in total. The predicted molar refractivity (Wildman–Crippen MR) is 89.2 cm³/mol. The molecule has 0 amide bonds. The fourth-order valence-corrected chi connectivity index (χ4v) is 1.46. The Morgan fingerprint density at radius 1 is 0.792 bits per heavy atom. The first-order valence-electron chi connectivity index (χ1n) is 6.17. The number of aliphatic hydroxyl groups excluding tert-OH is 2. The van der Waals surface area contributed by atoms with Gasteiger partial charge in [0.25, 0.3) is 0 Å². The van der Waals surface area contributed by atoms with Crippen LogP contribution in [0, 0.1) is 11.5 Å². The van der Waals surface area contributed by atoms with Gasteiger partial charge in [-0.25, -0.2) is 0 Å². The summed E-state index contributed by atoms with van der Waals surface area (Å²) >= 11 is 0. The van der Waals surface area contributed by atoms with Gasteiger partial charge < -0.3 is 10.8 Å². The third-order valence-corrected chi connectivity index (χ3v) is 3.19. The first kappa shape index (κ1) is 30.5. The van der Waals surface area contributed by atoms with E-state index in [0.29, 0.717) is 34.2 Å². The maximum absolute atomic E-state index is 9.98. The van der Waals surface area contributed by atoms with Crippen LogP contribution in [0.5, 0.6) is 0 Å². The first-order chi connectivity index (χ1) is 11.1. The van der Waals surface area contributed by atoms with E-state index in [4.69, 9.17) is 30.6 Å². The number of hydrogen-bond acceptors (Lipinski definition) is 6. The van der Waals surface area contributed by atoms with Gasteiger partial charge in [-0.1, -0.05) is 0 Å². The van der Waals surface area contributed by atoms with Crippen molar-refractivity contribution in [1.82, 2.24) is 0 Å². The number of hydrogen-bond donors (Lipinski definition) is 2. The average molecular weight is 380 g/mol. The van der Waals surface area contributed by atoms with E-state index in [-0.39, 0.29) is 29.0 Å². The summed E-state index contributed by atoms with van der Waals surface area (Å²) in [6, 6.07) is 0. The van der Waals surface area contributed by atoms with Crippen molar-refractivity contribution in [3.8, 4) is 11.5 Å². The van der Waals surface area contributed by atoms with E-state index in [1.807, 2.05) is 28.2 Å². The van der Waals surface area contributed by atoms with E-state index in [1.54, 1.807) is 0 Å².